The second-order valence-electron chi connectivity index (χ2n) is 4.83. The molecular weight excluding hydrogens is 308 g/mol. The van der Waals surface area contributed by atoms with Gasteiger partial charge in [-0.3, -0.25) is 0 Å². The Morgan fingerprint density at radius 1 is 1.04 bits per heavy atom. The summed E-state index contributed by atoms with van der Waals surface area (Å²) < 4.78 is 5.42. The van der Waals surface area contributed by atoms with E-state index in [0.717, 1.165) is 27.9 Å². The zero-order chi connectivity index (χ0) is 16.1. The van der Waals surface area contributed by atoms with Crippen molar-refractivity contribution in [2.45, 2.75) is 6.92 Å². The number of ether oxygens (including phenoxy) is 1. The molecule has 1 heterocycles. The van der Waals surface area contributed by atoms with Crippen LogP contribution in [-0.4, -0.2) is 21.9 Å². The summed E-state index contributed by atoms with van der Waals surface area (Å²) >= 11 is 5.38. The Morgan fingerprint density at radius 2 is 1.83 bits per heavy atom. The molecule has 0 amide bonds. The van der Waals surface area contributed by atoms with Crippen LogP contribution in [0.15, 0.2) is 54.9 Å². The van der Waals surface area contributed by atoms with Crippen LogP contribution in [0.5, 0.6) is 5.75 Å². The summed E-state index contributed by atoms with van der Waals surface area (Å²) in [5.41, 5.74) is 1.78. The summed E-state index contributed by atoms with van der Waals surface area (Å²) in [5, 5.41) is 16.6. The first-order valence-electron chi connectivity index (χ1n) is 7.26. The van der Waals surface area contributed by atoms with Crippen LogP contribution in [0, 0.1) is 0 Å². The Balaban J connectivity index is 1.71. The smallest absolute Gasteiger partial charge is 0.175 e. The highest BCUT2D eigenvalue weighted by molar-refractivity contribution is 7.80. The zero-order valence-corrected chi connectivity index (χ0v) is 13.4. The molecule has 0 radical (unpaired) electrons. The van der Waals surface area contributed by atoms with E-state index in [1.165, 1.54) is 0 Å². The number of fused-ring (bicyclic) bond motifs is 1. The number of thiocarbonyl (C=S) groups is 1. The number of aromatic nitrogens is 2. The van der Waals surface area contributed by atoms with Crippen LogP contribution in [0.1, 0.15) is 6.92 Å². The van der Waals surface area contributed by atoms with E-state index in [4.69, 9.17) is 17.0 Å². The van der Waals surface area contributed by atoms with E-state index in [1.54, 1.807) is 12.4 Å². The lowest BCUT2D eigenvalue weighted by Crippen LogP contribution is -2.19. The van der Waals surface area contributed by atoms with Crippen molar-refractivity contribution in [1.82, 2.24) is 10.2 Å². The molecule has 0 bridgehead atoms. The highest BCUT2D eigenvalue weighted by atomic mass is 32.1. The van der Waals surface area contributed by atoms with Gasteiger partial charge in [-0.15, -0.1) is 0 Å². The van der Waals surface area contributed by atoms with Crippen LogP contribution in [0.25, 0.3) is 10.8 Å². The average Bonchev–Trinajstić information content (AvgIpc) is 2.57. The summed E-state index contributed by atoms with van der Waals surface area (Å²) in [4.78, 5) is 0. The summed E-state index contributed by atoms with van der Waals surface area (Å²) in [6.45, 7) is 2.61. The van der Waals surface area contributed by atoms with Gasteiger partial charge in [0.1, 0.15) is 5.75 Å². The number of hydrogen-bond acceptors (Lipinski definition) is 4. The van der Waals surface area contributed by atoms with Crippen molar-refractivity contribution >= 4 is 39.5 Å². The highest BCUT2D eigenvalue weighted by Gasteiger charge is 2.04. The third kappa shape index (κ3) is 3.73. The van der Waals surface area contributed by atoms with E-state index < -0.39 is 0 Å². The van der Waals surface area contributed by atoms with Gasteiger partial charge in [-0.1, -0.05) is 12.1 Å². The Kier molecular flexibility index (Phi) is 4.63. The minimum absolute atomic E-state index is 0.512. The summed E-state index contributed by atoms with van der Waals surface area (Å²) in [6.07, 6.45) is 3.45. The molecule has 116 valence electrons. The quantitative estimate of drug-likeness (QED) is 0.711. The number of rotatable bonds is 4. The van der Waals surface area contributed by atoms with Gasteiger partial charge < -0.3 is 15.4 Å². The van der Waals surface area contributed by atoms with Gasteiger partial charge in [0.05, 0.1) is 19.0 Å². The van der Waals surface area contributed by atoms with Gasteiger partial charge in [0, 0.05) is 22.1 Å². The molecule has 2 aromatic carbocycles. The van der Waals surface area contributed by atoms with Gasteiger partial charge >= 0.3 is 0 Å². The number of anilines is 2. The largest absolute Gasteiger partial charge is 0.494 e. The fraction of sp³-hybridized carbons (Fsp3) is 0.118. The van der Waals surface area contributed by atoms with Gasteiger partial charge in [0.2, 0.25) is 0 Å². The Bertz CT molecular complexity index is 815. The van der Waals surface area contributed by atoms with Gasteiger partial charge in [-0.05, 0) is 49.5 Å². The maximum atomic E-state index is 5.42. The van der Waals surface area contributed by atoms with Crippen LogP contribution >= 0.6 is 12.2 Å². The summed E-state index contributed by atoms with van der Waals surface area (Å²) in [5.74, 6) is 0.838. The van der Waals surface area contributed by atoms with Crippen molar-refractivity contribution in [3.63, 3.8) is 0 Å². The van der Waals surface area contributed by atoms with Gasteiger partial charge in [0.15, 0.2) is 5.11 Å². The van der Waals surface area contributed by atoms with E-state index in [0.29, 0.717) is 11.7 Å². The minimum Gasteiger partial charge on any atom is -0.494 e. The molecule has 0 atom stereocenters. The highest BCUT2D eigenvalue weighted by Crippen LogP contribution is 2.22. The van der Waals surface area contributed by atoms with E-state index in [1.807, 2.05) is 49.4 Å². The van der Waals surface area contributed by atoms with Crippen molar-refractivity contribution in [3.05, 3.63) is 54.9 Å². The zero-order valence-electron chi connectivity index (χ0n) is 12.6. The van der Waals surface area contributed by atoms with Crippen molar-refractivity contribution in [1.29, 1.82) is 0 Å². The lowest BCUT2D eigenvalue weighted by molar-refractivity contribution is 0.340. The van der Waals surface area contributed by atoms with Crippen LogP contribution < -0.4 is 15.4 Å². The molecular formula is C17H16N4OS. The summed E-state index contributed by atoms with van der Waals surface area (Å²) in [6, 6.07) is 13.5. The van der Waals surface area contributed by atoms with Gasteiger partial charge in [-0.25, -0.2) is 0 Å². The molecule has 0 fully saturated rings. The summed E-state index contributed by atoms with van der Waals surface area (Å²) in [7, 11) is 0. The normalized spacial score (nSPS) is 10.3. The van der Waals surface area contributed by atoms with Gasteiger partial charge in [-0.2, -0.15) is 10.2 Å². The Labute approximate surface area is 139 Å². The van der Waals surface area contributed by atoms with Crippen LogP contribution in [0.4, 0.5) is 11.4 Å². The molecule has 0 spiro atoms. The SMILES string of the molecule is CCOc1ccc(NC(=S)Nc2cccc3cnncc23)cc1. The lowest BCUT2D eigenvalue weighted by atomic mass is 10.2. The number of hydrogen-bond donors (Lipinski definition) is 2. The van der Waals surface area contributed by atoms with Gasteiger partial charge in [0.25, 0.3) is 0 Å². The third-order valence-electron chi connectivity index (χ3n) is 3.26. The topological polar surface area (TPSA) is 59.1 Å². The monoisotopic (exact) mass is 324 g/mol. The van der Waals surface area contributed by atoms with Crippen molar-refractivity contribution in [2.75, 3.05) is 17.2 Å². The number of benzene rings is 2. The standard InChI is InChI=1S/C17H16N4OS/c1-2-22-14-8-6-13(7-9-14)20-17(23)21-16-5-3-4-12-10-18-19-11-15(12)16/h3-11H,2H2,1H3,(H2,20,21,23). The van der Waals surface area contributed by atoms with E-state index in [2.05, 4.69) is 20.8 Å². The van der Waals surface area contributed by atoms with Crippen LogP contribution in [0.3, 0.4) is 0 Å². The van der Waals surface area contributed by atoms with E-state index in [9.17, 15) is 0 Å². The number of nitrogens with one attached hydrogen (secondary N) is 2. The first kappa shape index (κ1) is 15.2. The first-order valence-corrected chi connectivity index (χ1v) is 7.67. The molecule has 1 aromatic heterocycles. The fourth-order valence-corrected chi connectivity index (χ4v) is 2.45. The van der Waals surface area contributed by atoms with Crippen LogP contribution in [-0.2, 0) is 0 Å². The predicted octanol–water partition coefficient (Wildman–Crippen LogP) is 3.84. The molecule has 23 heavy (non-hydrogen) atoms. The second-order valence-corrected chi connectivity index (χ2v) is 5.24. The molecule has 6 heteroatoms. The van der Waals surface area contributed by atoms with Crippen molar-refractivity contribution in [2.24, 2.45) is 0 Å². The minimum atomic E-state index is 0.512. The van der Waals surface area contributed by atoms with Crippen molar-refractivity contribution < 1.29 is 4.74 Å². The average molecular weight is 324 g/mol. The number of nitrogens with zero attached hydrogens (tertiary/aromatic N) is 2. The molecule has 3 rings (SSSR count). The van der Waals surface area contributed by atoms with Crippen LogP contribution in [0.2, 0.25) is 0 Å². The molecule has 0 saturated heterocycles. The maximum absolute atomic E-state index is 5.42. The molecule has 0 saturated carbocycles. The lowest BCUT2D eigenvalue weighted by Gasteiger charge is -2.12. The fourth-order valence-electron chi connectivity index (χ4n) is 2.22. The van der Waals surface area contributed by atoms with E-state index >= 15 is 0 Å². The molecule has 0 unspecified atom stereocenters. The molecule has 5 nitrogen and oxygen atoms in total. The molecule has 0 aliphatic rings. The molecule has 2 N–H and O–H groups in total. The maximum Gasteiger partial charge on any atom is 0.175 e. The Hall–Kier alpha value is -2.73. The third-order valence-corrected chi connectivity index (χ3v) is 3.47. The Morgan fingerprint density at radius 3 is 2.61 bits per heavy atom. The molecule has 0 aliphatic carbocycles. The molecule has 3 aromatic rings. The first-order chi connectivity index (χ1) is 11.3. The van der Waals surface area contributed by atoms with Crippen molar-refractivity contribution in [3.8, 4) is 5.75 Å². The predicted molar refractivity (Wildman–Crippen MR) is 97.0 cm³/mol. The second kappa shape index (κ2) is 7.02. The van der Waals surface area contributed by atoms with E-state index in [-0.39, 0.29) is 0 Å². The molecule has 0 aliphatic heterocycles.